The van der Waals surface area contributed by atoms with Gasteiger partial charge >= 0.3 is 0 Å². The molecule has 0 unspecified atom stereocenters. The van der Waals surface area contributed by atoms with E-state index in [0.717, 1.165) is 44.6 Å². The van der Waals surface area contributed by atoms with Crippen LogP contribution in [0.15, 0.2) is 17.1 Å². The quantitative estimate of drug-likeness (QED) is 0.227. The molecule has 2 N–H and O–H groups in total. The van der Waals surface area contributed by atoms with Gasteiger partial charge < -0.3 is 15.5 Å². The highest BCUT2D eigenvalue weighted by atomic mass is 127. The molecule has 128 valence electrons. The lowest BCUT2D eigenvalue weighted by Crippen LogP contribution is -2.49. The van der Waals surface area contributed by atoms with Crippen molar-refractivity contribution in [3.63, 3.8) is 0 Å². The normalized spacial score (nSPS) is 17.2. The van der Waals surface area contributed by atoms with Crippen LogP contribution in [0, 0.1) is 5.41 Å². The van der Waals surface area contributed by atoms with Crippen LogP contribution < -0.4 is 10.6 Å². The Bertz CT molecular complexity index is 388. The monoisotopic (exact) mass is 422 g/mol. The molecule has 1 saturated carbocycles. The number of nitrogens with zero attached hydrogens (tertiary/aromatic N) is 2. The highest BCUT2D eigenvalue weighted by Crippen LogP contribution is 2.38. The van der Waals surface area contributed by atoms with Gasteiger partial charge in [0, 0.05) is 34.2 Å². The van der Waals surface area contributed by atoms with Crippen molar-refractivity contribution in [2.75, 3.05) is 34.2 Å². The largest absolute Gasteiger partial charge is 0.356 e. The van der Waals surface area contributed by atoms with Crippen molar-refractivity contribution in [2.24, 2.45) is 10.4 Å². The summed E-state index contributed by atoms with van der Waals surface area (Å²) in [6, 6.07) is 0. The molecule has 1 aliphatic rings. The van der Waals surface area contributed by atoms with Crippen LogP contribution >= 0.6 is 24.0 Å². The van der Waals surface area contributed by atoms with Crippen molar-refractivity contribution in [3.05, 3.63) is 12.2 Å². The van der Waals surface area contributed by atoms with E-state index in [1.165, 1.54) is 0 Å². The molecule has 0 aromatic heterocycles. The van der Waals surface area contributed by atoms with Crippen molar-refractivity contribution in [3.8, 4) is 0 Å². The van der Waals surface area contributed by atoms with Gasteiger partial charge in [-0.2, -0.15) is 0 Å². The maximum absolute atomic E-state index is 12.5. The van der Waals surface area contributed by atoms with Gasteiger partial charge in [-0.05, 0) is 26.2 Å². The highest BCUT2D eigenvalue weighted by Gasteiger charge is 2.41. The fourth-order valence-corrected chi connectivity index (χ4v) is 2.91. The molecule has 0 saturated heterocycles. The van der Waals surface area contributed by atoms with E-state index in [1.807, 2.05) is 27.1 Å². The number of carbonyl (C=O) groups excluding carboxylic acids is 1. The molecule has 1 fully saturated rings. The zero-order valence-corrected chi connectivity index (χ0v) is 16.6. The van der Waals surface area contributed by atoms with Gasteiger partial charge in [0.2, 0.25) is 5.91 Å². The second-order valence-electron chi connectivity index (χ2n) is 5.90. The molecule has 6 heteroatoms. The highest BCUT2D eigenvalue weighted by molar-refractivity contribution is 14.0. The number of hydrogen-bond donors (Lipinski definition) is 2. The van der Waals surface area contributed by atoms with Gasteiger partial charge in [0.15, 0.2) is 5.96 Å². The molecule has 0 spiro atoms. The number of rotatable bonds is 6. The summed E-state index contributed by atoms with van der Waals surface area (Å²) in [5, 5.41) is 6.61. The zero-order chi connectivity index (χ0) is 15.7. The summed E-state index contributed by atoms with van der Waals surface area (Å²) in [5.41, 5.74) is -0.259. The minimum atomic E-state index is -0.259. The topological polar surface area (TPSA) is 56.7 Å². The summed E-state index contributed by atoms with van der Waals surface area (Å²) in [7, 11) is 5.44. The second kappa shape index (κ2) is 10.9. The average Bonchev–Trinajstić information content (AvgIpc) is 2.95. The fraction of sp³-hybridized carbons (Fsp3) is 0.750. The molecule has 0 aliphatic heterocycles. The summed E-state index contributed by atoms with van der Waals surface area (Å²) >= 11 is 0. The fourth-order valence-electron chi connectivity index (χ4n) is 2.91. The van der Waals surface area contributed by atoms with Crippen LogP contribution in [0.1, 0.15) is 39.0 Å². The van der Waals surface area contributed by atoms with E-state index in [1.54, 1.807) is 11.9 Å². The minimum absolute atomic E-state index is 0. The second-order valence-corrected chi connectivity index (χ2v) is 5.90. The molecule has 0 atom stereocenters. The molecule has 5 nitrogen and oxygen atoms in total. The van der Waals surface area contributed by atoms with Crippen molar-refractivity contribution in [1.82, 2.24) is 15.5 Å². The third-order valence-corrected chi connectivity index (χ3v) is 4.08. The van der Waals surface area contributed by atoms with Crippen LogP contribution in [0.4, 0.5) is 0 Å². The summed E-state index contributed by atoms with van der Waals surface area (Å²) < 4.78 is 0. The van der Waals surface area contributed by atoms with Gasteiger partial charge in [-0.25, -0.2) is 0 Å². The van der Waals surface area contributed by atoms with E-state index < -0.39 is 0 Å². The maximum atomic E-state index is 12.5. The number of carbonyl (C=O) groups is 1. The van der Waals surface area contributed by atoms with Crippen molar-refractivity contribution >= 4 is 35.8 Å². The molecule has 0 radical (unpaired) electrons. The van der Waals surface area contributed by atoms with Gasteiger partial charge in [-0.1, -0.05) is 25.0 Å². The molecule has 1 rings (SSSR count). The first kappa shape index (κ1) is 21.2. The van der Waals surface area contributed by atoms with Gasteiger partial charge in [-0.15, -0.1) is 24.0 Å². The van der Waals surface area contributed by atoms with Crippen LogP contribution in [0.25, 0.3) is 0 Å². The minimum Gasteiger partial charge on any atom is -0.356 e. The first-order valence-electron chi connectivity index (χ1n) is 7.83. The number of aliphatic imine (C=N–C) groups is 1. The summed E-state index contributed by atoms with van der Waals surface area (Å²) in [6.07, 6.45) is 9.33. The predicted molar refractivity (Wildman–Crippen MR) is 104 cm³/mol. The smallest absolute Gasteiger partial charge is 0.230 e. The lowest BCUT2D eigenvalue weighted by Gasteiger charge is -2.31. The van der Waals surface area contributed by atoms with Gasteiger partial charge in [0.1, 0.15) is 0 Å². The number of halogens is 1. The number of hydrogen-bond acceptors (Lipinski definition) is 2. The first-order valence-corrected chi connectivity index (χ1v) is 7.83. The van der Waals surface area contributed by atoms with Gasteiger partial charge in [-0.3, -0.25) is 9.79 Å². The Hall–Kier alpha value is -0.790. The third kappa shape index (κ3) is 6.14. The van der Waals surface area contributed by atoms with Crippen LogP contribution in [-0.4, -0.2) is 51.0 Å². The molecule has 0 heterocycles. The molecule has 0 bridgehead atoms. The Morgan fingerprint density at radius 3 is 2.41 bits per heavy atom. The molecular formula is C16H31IN4O. The molecular weight excluding hydrogens is 391 g/mol. The van der Waals surface area contributed by atoms with E-state index in [0.29, 0.717) is 6.54 Å². The van der Waals surface area contributed by atoms with E-state index in [4.69, 9.17) is 0 Å². The molecule has 1 aliphatic carbocycles. The standard InChI is InChI=1S/C16H30N4O.HI/c1-5-6-9-12-18-15(17-2)19-13-16(10-7-8-11-16)14(21)20(3)4;/h5-6H,7-13H2,1-4H3,(H2,17,18,19);1H. The van der Waals surface area contributed by atoms with Crippen LogP contribution in [0.5, 0.6) is 0 Å². The average molecular weight is 422 g/mol. The lowest BCUT2D eigenvalue weighted by molar-refractivity contribution is -0.138. The molecule has 0 aromatic rings. The van der Waals surface area contributed by atoms with E-state index >= 15 is 0 Å². The number of allylic oxidation sites excluding steroid dienone is 1. The molecule has 1 amide bonds. The molecule has 22 heavy (non-hydrogen) atoms. The van der Waals surface area contributed by atoms with Crippen molar-refractivity contribution < 1.29 is 4.79 Å². The summed E-state index contributed by atoms with van der Waals surface area (Å²) in [6.45, 7) is 3.52. The number of guanidine groups is 1. The van der Waals surface area contributed by atoms with Crippen molar-refractivity contribution in [2.45, 2.75) is 39.0 Å². The van der Waals surface area contributed by atoms with Crippen LogP contribution in [0.3, 0.4) is 0 Å². The Morgan fingerprint density at radius 1 is 1.27 bits per heavy atom. The van der Waals surface area contributed by atoms with E-state index in [9.17, 15) is 4.79 Å². The Morgan fingerprint density at radius 2 is 1.91 bits per heavy atom. The Balaban J connectivity index is 0.00000441. The van der Waals surface area contributed by atoms with E-state index in [-0.39, 0.29) is 35.3 Å². The van der Waals surface area contributed by atoms with Crippen molar-refractivity contribution in [1.29, 1.82) is 0 Å². The van der Waals surface area contributed by atoms with Gasteiger partial charge in [0.05, 0.1) is 5.41 Å². The summed E-state index contributed by atoms with van der Waals surface area (Å²) in [4.78, 5) is 18.4. The Labute approximate surface area is 152 Å². The van der Waals surface area contributed by atoms with Gasteiger partial charge in [0.25, 0.3) is 0 Å². The van der Waals surface area contributed by atoms with E-state index in [2.05, 4.69) is 21.7 Å². The number of amides is 1. The van der Waals surface area contributed by atoms with Crippen LogP contribution in [-0.2, 0) is 4.79 Å². The number of nitrogens with one attached hydrogen (secondary N) is 2. The Kier molecular flexibility index (Phi) is 10.5. The lowest BCUT2D eigenvalue weighted by atomic mass is 9.84. The maximum Gasteiger partial charge on any atom is 0.230 e. The van der Waals surface area contributed by atoms with Crippen LogP contribution in [0.2, 0.25) is 0 Å². The molecule has 0 aromatic carbocycles. The third-order valence-electron chi connectivity index (χ3n) is 4.08. The first-order chi connectivity index (χ1) is 10.1. The predicted octanol–water partition coefficient (Wildman–Crippen LogP) is 2.38. The SMILES string of the molecule is CC=CCCNC(=NC)NCC1(C(=O)N(C)C)CCCC1.I. The zero-order valence-electron chi connectivity index (χ0n) is 14.3. The summed E-state index contributed by atoms with van der Waals surface area (Å²) in [5.74, 6) is 1.01.